The van der Waals surface area contributed by atoms with Gasteiger partial charge >= 0.3 is 11.9 Å². The van der Waals surface area contributed by atoms with E-state index in [0.29, 0.717) is 24.0 Å². The minimum absolute atomic E-state index is 0.127. The van der Waals surface area contributed by atoms with Crippen molar-refractivity contribution in [1.82, 2.24) is 0 Å². The number of Topliss-reactive ketones (excluding diaryl/α,β-unsaturated/α-hetero) is 2. The second-order valence-electron chi connectivity index (χ2n) is 14.6. The van der Waals surface area contributed by atoms with Crippen molar-refractivity contribution in [3.05, 3.63) is 130 Å². The molecule has 0 radical (unpaired) electrons. The van der Waals surface area contributed by atoms with Gasteiger partial charge in [0.05, 0.1) is 0 Å². The summed E-state index contributed by atoms with van der Waals surface area (Å²) < 4.78 is 10.5. The zero-order valence-corrected chi connectivity index (χ0v) is 32.1. The monoisotopic (exact) mass is 680 g/mol. The molecule has 0 aliphatic heterocycles. The minimum atomic E-state index is -0.719. The van der Waals surface area contributed by atoms with Gasteiger partial charge in [-0.25, -0.2) is 0 Å². The van der Waals surface area contributed by atoms with Gasteiger partial charge in [0.2, 0.25) is 0 Å². The van der Waals surface area contributed by atoms with Crippen LogP contribution in [-0.4, -0.2) is 35.7 Å². The smallest absolute Gasteiger partial charge is 0.303 e. The molecule has 0 aromatic carbocycles. The Morgan fingerprint density at radius 3 is 1.16 bits per heavy atom. The fraction of sp³-hybridized carbons (Fsp3) is 0.409. The van der Waals surface area contributed by atoms with E-state index in [-0.39, 0.29) is 22.4 Å². The predicted molar refractivity (Wildman–Crippen MR) is 204 cm³/mol. The van der Waals surface area contributed by atoms with E-state index in [1.807, 2.05) is 113 Å². The average Bonchev–Trinajstić information content (AvgIpc) is 2.99. The molecule has 2 aliphatic carbocycles. The molecule has 2 rings (SSSR count). The molecule has 0 amide bonds. The zero-order valence-electron chi connectivity index (χ0n) is 32.1. The maximum Gasteiger partial charge on any atom is 0.303 e. The molecule has 2 aliphatic rings. The highest BCUT2D eigenvalue weighted by Crippen LogP contribution is 2.42. The Hall–Kier alpha value is -4.58. The van der Waals surface area contributed by atoms with Crippen molar-refractivity contribution in [2.75, 3.05) is 0 Å². The van der Waals surface area contributed by atoms with Crippen LogP contribution in [0.2, 0.25) is 0 Å². The van der Waals surface area contributed by atoms with Crippen LogP contribution in [0, 0.1) is 10.8 Å². The predicted octanol–water partition coefficient (Wildman–Crippen LogP) is 10.0. The van der Waals surface area contributed by atoms with Gasteiger partial charge in [0.15, 0.2) is 23.8 Å². The number of esters is 2. The Bertz CT molecular complexity index is 1560. The maximum absolute atomic E-state index is 12.8. The zero-order chi connectivity index (χ0) is 37.8. The van der Waals surface area contributed by atoms with Crippen LogP contribution < -0.4 is 0 Å². The number of carbonyl (C=O) groups excluding carboxylic acids is 4. The van der Waals surface area contributed by atoms with Crippen molar-refractivity contribution in [1.29, 1.82) is 0 Å². The molecule has 0 aromatic heterocycles. The molecule has 0 heterocycles. The molecule has 0 spiro atoms. The molecule has 268 valence electrons. The van der Waals surface area contributed by atoms with Crippen LogP contribution in [0.3, 0.4) is 0 Å². The number of hydrogen-bond acceptors (Lipinski definition) is 6. The molecule has 0 saturated heterocycles. The summed E-state index contributed by atoms with van der Waals surface area (Å²) in [5.74, 6) is -1.13. The SMILES string of the molecule is CC(=O)OC1CC(C)(C)C(/C=C/C(C)=C/C=C/C(C)=C\C=C\C=C(C)\C=C\C=C(C)\C=C\C2=C(C)C(=O)C(OC(C)=O)CC2(C)C)=C(C)C1=O. The summed E-state index contributed by atoms with van der Waals surface area (Å²) >= 11 is 0. The Kier molecular flexibility index (Phi) is 15.3. The van der Waals surface area contributed by atoms with Crippen LogP contribution in [0.15, 0.2) is 130 Å². The van der Waals surface area contributed by atoms with Crippen molar-refractivity contribution in [2.45, 2.75) is 108 Å². The maximum atomic E-state index is 12.8. The summed E-state index contributed by atoms with van der Waals surface area (Å²) in [4.78, 5) is 48.4. The van der Waals surface area contributed by atoms with Crippen LogP contribution in [0.5, 0.6) is 0 Å². The second-order valence-corrected chi connectivity index (χ2v) is 14.6. The van der Waals surface area contributed by atoms with Crippen molar-refractivity contribution in [3.8, 4) is 0 Å². The molecule has 2 unspecified atom stereocenters. The first-order valence-corrected chi connectivity index (χ1v) is 17.2. The lowest BCUT2D eigenvalue weighted by atomic mass is 9.71. The largest absolute Gasteiger partial charge is 0.454 e. The number of ketones is 2. The third-order valence-corrected chi connectivity index (χ3v) is 8.89. The van der Waals surface area contributed by atoms with Gasteiger partial charge in [-0.15, -0.1) is 0 Å². The lowest BCUT2D eigenvalue weighted by Gasteiger charge is -2.36. The van der Waals surface area contributed by atoms with Crippen LogP contribution in [-0.2, 0) is 28.7 Å². The summed E-state index contributed by atoms with van der Waals surface area (Å²) in [7, 11) is 0. The van der Waals surface area contributed by atoms with Crippen LogP contribution >= 0.6 is 0 Å². The van der Waals surface area contributed by atoms with Gasteiger partial charge in [-0.1, -0.05) is 135 Å². The summed E-state index contributed by atoms with van der Waals surface area (Å²) in [6, 6.07) is 0. The number of rotatable bonds is 12. The van der Waals surface area contributed by atoms with E-state index in [9.17, 15) is 19.2 Å². The number of allylic oxidation sites excluding steroid dienone is 20. The quantitative estimate of drug-likeness (QED) is 0.151. The highest BCUT2D eigenvalue weighted by atomic mass is 16.5. The number of ether oxygens (including phenoxy) is 2. The van der Waals surface area contributed by atoms with Crippen LogP contribution in [0.4, 0.5) is 0 Å². The molecular weight excluding hydrogens is 624 g/mol. The molecule has 6 nitrogen and oxygen atoms in total. The van der Waals surface area contributed by atoms with E-state index in [1.165, 1.54) is 13.8 Å². The highest BCUT2D eigenvalue weighted by molar-refractivity contribution is 6.02. The van der Waals surface area contributed by atoms with E-state index in [0.717, 1.165) is 33.4 Å². The topological polar surface area (TPSA) is 86.7 Å². The van der Waals surface area contributed by atoms with Crippen LogP contribution in [0.25, 0.3) is 0 Å². The van der Waals surface area contributed by atoms with Crippen molar-refractivity contribution in [3.63, 3.8) is 0 Å². The highest BCUT2D eigenvalue weighted by Gasteiger charge is 2.40. The second kappa shape index (κ2) is 18.4. The number of hydrogen-bond donors (Lipinski definition) is 0. The molecule has 2 atom stereocenters. The third kappa shape index (κ3) is 12.7. The normalized spacial score (nSPS) is 22.7. The molecular formula is C44H56O6. The molecule has 0 saturated carbocycles. The van der Waals surface area contributed by atoms with E-state index >= 15 is 0 Å². The standard InChI is InChI=1S/C44H56O6/c1-29(19-15-21-31(3)23-25-37-33(5)41(47)39(49-35(7)45)27-43(37,9)10)17-13-14-18-30(2)20-16-22-32(4)24-26-38-34(6)42(48)40(50-36(8)46)28-44(38,11)12/h13-26,39-40H,27-28H2,1-12H3/b14-13+,19-15+,20-16+,25-23+,26-24+,29-17-,30-18+,31-21+,32-22+. The Balaban J connectivity index is 1.98. The van der Waals surface area contributed by atoms with Crippen molar-refractivity contribution in [2.24, 2.45) is 10.8 Å². The fourth-order valence-corrected chi connectivity index (χ4v) is 6.16. The first kappa shape index (κ1) is 41.6. The summed E-state index contributed by atoms with van der Waals surface area (Å²) in [6.07, 6.45) is 27.8. The Morgan fingerprint density at radius 1 is 0.540 bits per heavy atom. The van der Waals surface area contributed by atoms with Gasteiger partial charge in [-0.2, -0.15) is 0 Å². The first-order chi connectivity index (χ1) is 23.2. The van der Waals surface area contributed by atoms with E-state index in [4.69, 9.17) is 9.47 Å². The first-order valence-electron chi connectivity index (χ1n) is 17.2. The molecule has 50 heavy (non-hydrogen) atoms. The van der Waals surface area contributed by atoms with Crippen molar-refractivity contribution >= 4 is 23.5 Å². The average molecular weight is 681 g/mol. The van der Waals surface area contributed by atoms with Crippen molar-refractivity contribution < 1.29 is 28.7 Å². The van der Waals surface area contributed by atoms with Crippen LogP contribution in [0.1, 0.15) is 95.9 Å². The molecule has 0 fully saturated rings. The molecule has 0 bridgehead atoms. The molecule has 0 N–H and O–H groups in total. The third-order valence-electron chi connectivity index (χ3n) is 8.89. The van der Waals surface area contributed by atoms with Gasteiger partial charge in [0, 0.05) is 26.7 Å². The summed E-state index contributed by atoms with van der Waals surface area (Å²) in [5, 5.41) is 0. The summed E-state index contributed by atoms with van der Waals surface area (Å²) in [6.45, 7) is 22.7. The molecule has 0 aromatic rings. The Labute approximate surface area is 300 Å². The lowest BCUT2D eigenvalue weighted by molar-refractivity contribution is -0.154. The Morgan fingerprint density at radius 2 is 0.840 bits per heavy atom. The van der Waals surface area contributed by atoms with E-state index in [1.54, 1.807) is 13.8 Å². The summed E-state index contributed by atoms with van der Waals surface area (Å²) in [5.41, 5.74) is 6.94. The lowest BCUT2D eigenvalue weighted by Crippen LogP contribution is -2.38. The minimum Gasteiger partial charge on any atom is -0.454 e. The number of carbonyl (C=O) groups is 4. The van der Waals surface area contributed by atoms with Gasteiger partial charge in [0.1, 0.15) is 0 Å². The van der Waals surface area contributed by atoms with Gasteiger partial charge in [0.25, 0.3) is 0 Å². The van der Waals surface area contributed by atoms with E-state index < -0.39 is 24.1 Å². The van der Waals surface area contributed by atoms with Gasteiger partial charge in [-0.3, -0.25) is 19.2 Å². The van der Waals surface area contributed by atoms with E-state index in [2.05, 4.69) is 27.7 Å². The molecule has 6 heteroatoms. The fourth-order valence-electron chi connectivity index (χ4n) is 6.16. The van der Waals surface area contributed by atoms with Gasteiger partial charge in [-0.05, 0) is 74.7 Å². The van der Waals surface area contributed by atoms with Gasteiger partial charge < -0.3 is 9.47 Å².